The number of aromatic nitrogens is 2. The van der Waals surface area contributed by atoms with Crippen molar-refractivity contribution in [2.45, 2.75) is 44.3 Å². The highest BCUT2D eigenvalue weighted by atomic mass is 15.3. The minimum atomic E-state index is 0.425. The van der Waals surface area contributed by atoms with E-state index in [1.54, 1.807) is 0 Å². The fourth-order valence-electron chi connectivity index (χ4n) is 2.18. The average Bonchev–Trinajstić information content (AvgIpc) is 2.84. The van der Waals surface area contributed by atoms with Crippen LogP contribution in [0.4, 0.5) is 0 Å². The van der Waals surface area contributed by atoms with Gasteiger partial charge in [0.25, 0.3) is 0 Å². The lowest BCUT2D eigenvalue weighted by Crippen LogP contribution is -2.29. The van der Waals surface area contributed by atoms with Gasteiger partial charge in [-0.05, 0) is 38.3 Å². The summed E-state index contributed by atoms with van der Waals surface area (Å²) in [4.78, 5) is 0. The van der Waals surface area contributed by atoms with E-state index < -0.39 is 0 Å². The topological polar surface area (TPSA) is 55.9 Å². The van der Waals surface area contributed by atoms with E-state index in [1.165, 1.54) is 12.8 Å². The molecule has 0 bridgehead atoms. The minimum Gasteiger partial charge on any atom is -0.328 e. The Bertz CT molecular complexity index is 270. The number of aryl methyl sites for hydroxylation is 1. The highest BCUT2D eigenvalue weighted by Gasteiger charge is 2.20. The summed E-state index contributed by atoms with van der Waals surface area (Å²) in [6.45, 7) is 2.07. The van der Waals surface area contributed by atoms with Crippen LogP contribution in [-0.4, -0.2) is 28.4 Å². The molecule has 1 aromatic heterocycles. The Hall–Kier alpha value is -0.870. The predicted octanol–water partition coefficient (Wildman–Crippen LogP) is 0.743. The van der Waals surface area contributed by atoms with Crippen molar-refractivity contribution in [1.29, 1.82) is 0 Å². The molecule has 0 amide bonds. The molecule has 0 aliphatic heterocycles. The third kappa shape index (κ3) is 3.32. The minimum absolute atomic E-state index is 0.425. The molecule has 3 N–H and O–H groups in total. The van der Waals surface area contributed by atoms with E-state index in [1.807, 2.05) is 23.1 Å². The molecule has 1 saturated carbocycles. The van der Waals surface area contributed by atoms with Gasteiger partial charge in [0.2, 0.25) is 0 Å². The number of hydrogen-bond donors (Lipinski definition) is 2. The third-order valence-electron chi connectivity index (χ3n) is 3.03. The summed E-state index contributed by atoms with van der Waals surface area (Å²) in [5, 5.41) is 7.72. The van der Waals surface area contributed by atoms with Gasteiger partial charge in [-0.1, -0.05) is 0 Å². The zero-order valence-corrected chi connectivity index (χ0v) is 9.10. The second kappa shape index (κ2) is 5.28. The molecule has 4 heteroatoms. The second-order valence-corrected chi connectivity index (χ2v) is 4.35. The maximum Gasteiger partial charge on any atom is 0.0489 e. The van der Waals surface area contributed by atoms with Gasteiger partial charge in [-0.15, -0.1) is 0 Å². The van der Waals surface area contributed by atoms with Crippen LogP contribution in [0, 0.1) is 0 Å². The number of nitrogens with two attached hydrogens (primary N) is 1. The molecule has 1 fully saturated rings. The molecule has 1 heterocycles. The zero-order valence-electron chi connectivity index (χ0n) is 9.10. The highest BCUT2D eigenvalue weighted by molar-refractivity contribution is 4.82. The lowest BCUT2D eigenvalue weighted by atomic mass is 10.2. The van der Waals surface area contributed by atoms with E-state index in [-0.39, 0.29) is 0 Å². The molecule has 0 aromatic carbocycles. The van der Waals surface area contributed by atoms with Crippen LogP contribution in [0.2, 0.25) is 0 Å². The van der Waals surface area contributed by atoms with Gasteiger partial charge in [0.05, 0.1) is 0 Å². The lowest BCUT2D eigenvalue weighted by Gasteiger charge is -2.11. The number of rotatable bonds is 5. The van der Waals surface area contributed by atoms with Crippen LogP contribution in [0.1, 0.15) is 25.7 Å². The first kappa shape index (κ1) is 10.6. The van der Waals surface area contributed by atoms with E-state index >= 15 is 0 Å². The fourth-order valence-corrected chi connectivity index (χ4v) is 2.18. The largest absolute Gasteiger partial charge is 0.328 e. The van der Waals surface area contributed by atoms with Gasteiger partial charge in [-0.2, -0.15) is 5.10 Å². The van der Waals surface area contributed by atoms with Gasteiger partial charge in [-0.25, -0.2) is 0 Å². The SMILES string of the molecule is NC1CCC(NCCCn2cccn2)C1. The first-order valence-electron chi connectivity index (χ1n) is 5.81. The van der Waals surface area contributed by atoms with Crippen LogP contribution in [0.5, 0.6) is 0 Å². The monoisotopic (exact) mass is 208 g/mol. The summed E-state index contributed by atoms with van der Waals surface area (Å²) in [6.07, 6.45) is 8.52. The molecule has 2 atom stereocenters. The van der Waals surface area contributed by atoms with Gasteiger partial charge >= 0.3 is 0 Å². The first-order chi connectivity index (χ1) is 7.34. The van der Waals surface area contributed by atoms with Crippen molar-refractivity contribution in [3.05, 3.63) is 18.5 Å². The van der Waals surface area contributed by atoms with Gasteiger partial charge in [0.15, 0.2) is 0 Å². The normalized spacial score (nSPS) is 25.9. The van der Waals surface area contributed by atoms with Crippen molar-refractivity contribution in [3.8, 4) is 0 Å². The van der Waals surface area contributed by atoms with Crippen LogP contribution >= 0.6 is 0 Å². The molecular formula is C11H20N4. The standard InChI is InChI=1S/C11H20N4/c12-10-3-4-11(9-10)13-5-1-7-15-8-2-6-14-15/h2,6,8,10-11,13H,1,3-5,7,9,12H2. The first-order valence-corrected chi connectivity index (χ1v) is 5.81. The zero-order chi connectivity index (χ0) is 10.5. The van der Waals surface area contributed by atoms with Crippen molar-refractivity contribution in [1.82, 2.24) is 15.1 Å². The van der Waals surface area contributed by atoms with E-state index in [0.29, 0.717) is 12.1 Å². The van der Waals surface area contributed by atoms with Crippen molar-refractivity contribution >= 4 is 0 Å². The summed E-state index contributed by atoms with van der Waals surface area (Å²) in [6, 6.07) is 3.04. The highest BCUT2D eigenvalue weighted by Crippen LogP contribution is 2.16. The number of nitrogens with one attached hydrogen (secondary N) is 1. The summed E-state index contributed by atoms with van der Waals surface area (Å²) in [5.74, 6) is 0. The molecule has 0 spiro atoms. The molecule has 1 aliphatic rings. The van der Waals surface area contributed by atoms with Crippen LogP contribution in [-0.2, 0) is 6.54 Å². The van der Waals surface area contributed by atoms with Gasteiger partial charge < -0.3 is 11.1 Å². The quantitative estimate of drug-likeness (QED) is 0.702. The van der Waals surface area contributed by atoms with Crippen LogP contribution in [0.25, 0.3) is 0 Å². The van der Waals surface area contributed by atoms with E-state index in [9.17, 15) is 0 Å². The number of nitrogens with zero attached hydrogens (tertiary/aromatic N) is 2. The molecule has 84 valence electrons. The lowest BCUT2D eigenvalue weighted by molar-refractivity contribution is 0.479. The Morgan fingerprint density at radius 2 is 2.40 bits per heavy atom. The molecular weight excluding hydrogens is 188 g/mol. The second-order valence-electron chi connectivity index (χ2n) is 4.35. The van der Waals surface area contributed by atoms with Crippen molar-refractivity contribution in [2.24, 2.45) is 5.73 Å². The van der Waals surface area contributed by atoms with E-state index in [2.05, 4.69) is 10.4 Å². The Labute approximate surface area is 90.8 Å². The van der Waals surface area contributed by atoms with E-state index in [0.717, 1.165) is 25.9 Å². The Balaban J connectivity index is 1.55. The maximum atomic E-state index is 5.85. The fraction of sp³-hybridized carbons (Fsp3) is 0.727. The van der Waals surface area contributed by atoms with Gasteiger partial charge in [0, 0.05) is 31.0 Å². The maximum absolute atomic E-state index is 5.85. The smallest absolute Gasteiger partial charge is 0.0489 e. The Morgan fingerprint density at radius 1 is 1.47 bits per heavy atom. The summed E-state index contributed by atoms with van der Waals surface area (Å²) in [7, 11) is 0. The van der Waals surface area contributed by atoms with Crippen molar-refractivity contribution in [2.75, 3.05) is 6.54 Å². The summed E-state index contributed by atoms with van der Waals surface area (Å²) < 4.78 is 1.97. The van der Waals surface area contributed by atoms with Crippen molar-refractivity contribution in [3.63, 3.8) is 0 Å². The van der Waals surface area contributed by atoms with E-state index in [4.69, 9.17) is 5.73 Å². The van der Waals surface area contributed by atoms with Crippen LogP contribution < -0.4 is 11.1 Å². The summed E-state index contributed by atoms with van der Waals surface area (Å²) in [5.41, 5.74) is 5.85. The molecule has 15 heavy (non-hydrogen) atoms. The third-order valence-corrected chi connectivity index (χ3v) is 3.03. The molecule has 0 radical (unpaired) electrons. The Morgan fingerprint density at radius 3 is 3.07 bits per heavy atom. The van der Waals surface area contributed by atoms with Crippen LogP contribution in [0.3, 0.4) is 0 Å². The molecule has 1 aromatic rings. The molecule has 0 saturated heterocycles. The molecule has 2 unspecified atom stereocenters. The summed E-state index contributed by atoms with van der Waals surface area (Å²) >= 11 is 0. The van der Waals surface area contributed by atoms with Crippen molar-refractivity contribution < 1.29 is 0 Å². The Kier molecular flexibility index (Phi) is 3.75. The van der Waals surface area contributed by atoms with Crippen LogP contribution in [0.15, 0.2) is 18.5 Å². The molecule has 4 nitrogen and oxygen atoms in total. The predicted molar refractivity (Wildman–Crippen MR) is 60.5 cm³/mol. The number of hydrogen-bond acceptors (Lipinski definition) is 3. The molecule has 1 aliphatic carbocycles. The average molecular weight is 208 g/mol. The molecule has 2 rings (SSSR count). The van der Waals surface area contributed by atoms with Gasteiger partial charge in [-0.3, -0.25) is 4.68 Å². The van der Waals surface area contributed by atoms with Gasteiger partial charge in [0.1, 0.15) is 0 Å².